The molecule has 2 nitrogen and oxygen atoms in total. The predicted octanol–water partition coefficient (Wildman–Crippen LogP) is 5.73. The minimum atomic E-state index is -0.0137. The van der Waals surface area contributed by atoms with E-state index in [-0.39, 0.29) is 16.9 Å². The summed E-state index contributed by atoms with van der Waals surface area (Å²) >= 11 is 0. The van der Waals surface area contributed by atoms with Gasteiger partial charge in [0.15, 0.2) is 0 Å². The standard InChI is InChI=1S/C22H22O2/c1-22(2,3)20-6-4-5-19(15-7-11-17(23)12-8-15)21(20)16-9-13-18(24)14-10-16/h4-14,23-24H,1-3H3. The number of aromatic hydroxyl groups is 2. The summed E-state index contributed by atoms with van der Waals surface area (Å²) in [5, 5.41) is 19.2. The first-order valence-electron chi connectivity index (χ1n) is 8.08. The minimum Gasteiger partial charge on any atom is -0.508 e. The van der Waals surface area contributed by atoms with Crippen molar-refractivity contribution in [2.24, 2.45) is 0 Å². The fraction of sp³-hybridized carbons (Fsp3) is 0.182. The monoisotopic (exact) mass is 318 g/mol. The maximum absolute atomic E-state index is 9.62. The molecular formula is C22H22O2. The summed E-state index contributed by atoms with van der Waals surface area (Å²) in [6, 6.07) is 20.9. The van der Waals surface area contributed by atoms with E-state index < -0.39 is 0 Å². The molecule has 122 valence electrons. The molecule has 2 heteroatoms. The lowest BCUT2D eigenvalue weighted by atomic mass is 9.79. The average Bonchev–Trinajstić information content (AvgIpc) is 2.55. The van der Waals surface area contributed by atoms with Gasteiger partial charge in [0, 0.05) is 0 Å². The van der Waals surface area contributed by atoms with Crippen molar-refractivity contribution >= 4 is 0 Å². The number of benzene rings is 3. The molecule has 0 spiro atoms. The molecule has 2 N–H and O–H groups in total. The van der Waals surface area contributed by atoms with Crippen molar-refractivity contribution in [2.45, 2.75) is 26.2 Å². The van der Waals surface area contributed by atoms with E-state index in [4.69, 9.17) is 0 Å². The zero-order valence-electron chi connectivity index (χ0n) is 14.2. The van der Waals surface area contributed by atoms with Crippen LogP contribution in [0.1, 0.15) is 26.3 Å². The van der Waals surface area contributed by atoms with Gasteiger partial charge in [0.25, 0.3) is 0 Å². The highest BCUT2D eigenvalue weighted by Gasteiger charge is 2.21. The number of phenols is 2. The normalized spacial score (nSPS) is 11.5. The molecule has 0 radical (unpaired) electrons. The Morgan fingerprint density at radius 2 is 1.12 bits per heavy atom. The van der Waals surface area contributed by atoms with Crippen molar-refractivity contribution in [1.29, 1.82) is 0 Å². The Labute approximate surface area is 143 Å². The number of phenolic OH excluding ortho intramolecular Hbond substituents is 2. The zero-order chi connectivity index (χ0) is 17.3. The summed E-state index contributed by atoms with van der Waals surface area (Å²) in [6.07, 6.45) is 0. The van der Waals surface area contributed by atoms with E-state index in [2.05, 4.69) is 39.0 Å². The van der Waals surface area contributed by atoms with Gasteiger partial charge in [-0.1, -0.05) is 63.2 Å². The van der Waals surface area contributed by atoms with Crippen LogP contribution < -0.4 is 0 Å². The van der Waals surface area contributed by atoms with Crippen LogP contribution in [-0.2, 0) is 5.41 Å². The van der Waals surface area contributed by atoms with Gasteiger partial charge in [0.1, 0.15) is 11.5 Å². The van der Waals surface area contributed by atoms with E-state index in [1.165, 1.54) is 5.56 Å². The largest absolute Gasteiger partial charge is 0.508 e. The lowest BCUT2D eigenvalue weighted by Crippen LogP contribution is -2.13. The molecule has 0 atom stereocenters. The summed E-state index contributed by atoms with van der Waals surface area (Å²) in [5.41, 5.74) is 5.64. The molecular weight excluding hydrogens is 296 g/mol. The lowest BCUT2D eigenvalue weighted by molar-refractivity contribution is 0.475. The molecule has 0 amide bonds. The van der Waals surface area contributed by atoms with Crippen molar-refractivity contribution < 1.29 is 10.2 Å². The second-order valence-electron chi connectivity index (χ2n) is 7.07. The van der Waals surface area contributed by atoms with Crippen LogP contribution in [-0.4, -0.2) is 10.2 Å². The number of hydrogen-bond donors (Lipinski definition) is 2. The van der Waals surface area contributed by atoms with E-state index in [1.54, 1.807) is 24.3 Å². The van der Waals surface area contributed by atoms with Crippen LogP contribution >= 0.6 is 0 Å². The third-order valence-electron chi connectivity index (χ3n) is 4.21. The average molecular weight is 318 g/mol. The van der Waals surface area contributed by atoms with Gasteiger partial charge in [-0.05, 0) is 57.5 Å². The van der Waals surface area contributed by atoms with Crippen LogP contribution in [0.4, 0.5) is 0 Å². The van der Waals surface area contributed by atoms with Crippen molar-refractivity contribution in [3.05, 3.63) is 72.3 Å². The quantitative estimate of drug-likeness (QED) is 0.633. The first-order valence-corrected chi connectivity index (χ1v) is 8.08. The second-order valence-corrected chi connectivity index (χ2v) is 7.07. The van der Waals surface area contributed by atoms with E-state index in [0.717, 1.165) is 22.3 Å². The van der Waals surface area contributed by atoms with Crippen molar-refractivity contribution in [1.82, 2.24) is 0 Å². The molecule has 0 aliphatic carbocycles. The Morgan fingerprint density at radius 1 is 0.625 bits per heavy atom. The molecule has 0 aromatic heterocycles. The molecule has 0 bridgehead atoms. The molecule has 3 aromatic rings. The van der Waals surface area contributed by atoms with E-state index in [9.17, 15) is 10.2 Å². The first kappa shape index (κ1) is 16.1. The van der Waals surface area contributed by atoms with Gasteiger partial charge in [-0.25, -0.2) is 0 Å². The van der Waals surface area contributed by atoms with Gasteiger partial charge in [-0.2, -0.15) is 0 Å². The Hall–Kier alpha value is -2.74. The lowest BCUT2D eigenvalue weighted by Gasteiger charge is -2.25. The number of rotatable bonds is 2. The molecule has 0 unspecified atom stereocenters. The van der Waals surface area contributed by atoms with E-state index in [1.807, 2.05) is 24.3 Å². The molecule has 3 rings (SSSR count). The summed E-state index contributed by atoms with van der Waals surface area (Å²) in [5.74, 6) is 0.523. The maximum Gasteiger partial charge on any atom is 0.115 e. The Balaban J connectivity index is 2.29. The fourth-order valence-corrected chi connectivity index (χ4v) is 3.00. The highest BCUT2D eigenvalue weighted by molar-refractivity contribution is 5.86. The third-order valence-corrected chi connectivity index (χ3v) is 4.21. The molecule has 0 fully saturated rings. The van der Waals surface area contributed by atoms with E-state index in [0.29, 0.717) is 0 Å². The van der Waals surface area contributed by atoms with Crippen LogP contribution in [0.25, 0.3) is 22.3 Å². The summed E-state index contributed by atoms with van der Waals surface area (Å²) in [7, 11) is 0. The molecule has 0 saturated heterocycles. The first-order chi connectivity index (χ1) is 11.4. The van der Waals surface area contributed by atoms with Gasteiger partial charge in [0.05, 0.1) is 0 Å². The van der Waals surface area contributed by atoms with Crippen LogP contribution in [0.15, 0.2) is 66.7 Å². The highest BCUT2D eigenvalue weighted by Crippen LogP contribution is 2.40. The Kier molecular flexibility index (Phi) is 4.06. The Bertz CT molecular complexity index is 839. The highest BCUT2D eigenvalue weighted by atomic mass is 16.3. The molecule has 0 saturated carbocycles. The second kappa shape index (κ2) is 6.04. The van der Waals surface area contributed by atoms with Gasteiger partial charge < -0.3 is 10.2 Å². The summed E-state index contributed by atoms with van der Waals surface area (Å²) in [4.78, 5) is 0. The topological polar surface area (TPSA) is 40.5 Å². The third kappa shape index (κ3) is 3.13. The Morgan fingerprint density at radius 3 is 1.62 bits per heavy atom. The molecule has 24 heavy (non-hydrogen) atoms. The van der Waals surface area contributed by atoms with Crippen LogP contribution in [0.2, 0.25) is 0 Å². The van der Waals surface area contributed by atoms with Crippen molar-refractivity contribution in [2.75, 3.05) is 0 Å². The van der Waals surface area contributed by atoms with Crippen LogP contribution in [0.5, 0.6) is 11.5 Å². The van der Waals surface area contributed by atoms with Crippen LogP contribution in [0.3, 0.4) is 0 Å². The summed E-state index contributed by atoms with van der Waals surface area (Å²) in [6.45, 7) is 6.60. The minimum absolute atomic E-state index is 0.0137. The molecule has 0 heterocycles. The molecule has 0 aliphatic heterocycles. The van der Waals surface area contributed by atoms with Gasteiger partial charge in [0.2, 0.25) is 0 Å². The fourth-order valence-electron chi connectivity index (χ4n) is 3.00. The van der Waals surface area contributed by atoms with E-state index >= 15 is 0 Å². The van der Waals surface area contributed by atoms with Crippen LogP contribution in [0, 0.1) is 0 Å². The van der Waals surface area contributed by atoms with Crippen molar-refractivity contribution in [3.8, 4) is 33.8 Å². The molecule has 3 aromatic carbocycles. The summed E-state index contributed by atoms with van der Waals surface area (Å²) < 4.78 is 0. The van der Waals surface area contributed by atoms with Gasteiger partial charge in [-0.15, -0.1) is 0 Å². The van der Waals surface area contributed by atoms with Gasteiger partial charge in [-0.3, -0.25) is 0 Å². The number of hydrogen-bond acceptors (Lipinski definition) is 2. The van der Waals surface area contributed by atoms with Crippen molar-refractivity contribution in [3.63, 3.8) is 0 Å². The maximum atomic E-state index is 9.62. The smallest absolute Gasteiger partial charge is 0.115 e. The molecule has 0 aliphatic rings. The SMILES string of the molecule is CC(C)(C)c1cccc(-c2ccc(O)cc2)c1-c1ccc(O)cc1. The predicted molar refractivity (Wildman–Crippen MR) is 99.3 cm³/mol. The van der Waals surface area contributed by atoms with Gasteiger partial charge >= 0.3 is 0 Å². The zero-order valence-corrected chi connectivity index (χ0v) is 14.2.